The Bertz CT molecular complexity index is 757. The number of sulfone groups is 1. The maximum absolute atomic E-state index is 12.6. The van der Waals surface area contributed by atoms with Gasteiger partial charge in [0.1, 0.15) is 0 Å². The number of carbonyl (C=O) groups excluding carboxylic acids is 2. The van der Waals surface area contributed by atoms with Gasteiger partial charge in [-0.3, -0.25) is 9.59 Å². The van der Waals surface area contributed by atoms with Gasteiger partial charge in [0.25, 0.3) is 0 Å². The summed E-state index contributed by atoms with van der Waals surface area (Å²) in [6.07, 6.45) is 1.09. The largest absolute Gasteiger partial charge is 0.338 e. The first-order chi connectivity index (χ1) is 10.9. The number of nitrogens with one attached hydrogen (secondary N) is 1. The predicted octanol–water partition coefficient (Wildman–Crippen LogP) is 0.964. The zero-order valence-electron chi connectivity index (χ0n) is 13.0. The second-order valence-electron chi connectivity index (χ2n) is 6.23. The van der Waals surface area contributed by atoms with Gasteiger partial charge < -0.3 is 10.2 Å². The molecule has 2 heterocycles. The van der Waals surface area contributed by atoms with Crippen molar-refractivity contribution < 1.29 is 18.0 Å². The van der Waals surface area contributed by atoms with Gasteiger partial charge in [0.15, 0.2) is 9.84 Å². The van der Waals surface area contributed by atoms with Crippen molar-refractivity contribution in [3.05, 3.63) is 29.3 Å². The van der Waals surface area contributed by atoms with Crippen LogP contribution in [0.2, 0.25) is 0 Å². The van der Waals surface area contributed by atoms with Crippen LogP contribution in [0.4, 0.5) is 5.69 Å². The lowest BCUT2D eigenvalue weighted by Gasteiger charge is -2.31. The Morgan fingerprint density at radius 2 is 2.09 bits per heavy atom. The molecule has 124 valence electrons. The lowest BCUT2D eigenvalue weighted by molar-refractivity contribution is -0.135. The van der Waals surface area contributed by atoms with E-state index in [9.17, 15) is 18.0 Å². The van der Waals surface area contributed by atoms with E-state index in [1.165, 1.54) is 6.92 Å². The molecule has 1 N–H and O–H groups in total. The Hall–Kier alpha value is -1.89. The number of nitrogens with zero attached hydrogens (tertiary/aromatic N) is 1. The summed E-state index contributed by atoms with van der Waals surface area (Å²) in [4.78, 5) is 25.6. The number of rotatable bonds is 2. The van der Waals surface area contributed by atoms with Crippen LogP contribution >= 0.6 is 0 Å². The molecule has 2 aliphatic rings. The molecule has 1 atom stereocenters. The first-order valence-corrected chi connectivity index (χ1v) is 9.55. The number of hydrogen-bond acceptors (Lipinski definition) is 4. The van der Waals surface area contributed by atoms with E-state index in [2.05, 4.69) is 5.32 Å². The summed E-state index contributed by atoms with van der Waals surface area (Å²) in [6, 6.07) is 5.67. The molecule has 1 aromatic carbocycles. The molecule has 1 fully saturated rings. The van der Waals surface area contributed by atoms with Crippen molar-refractivity contribution in [3.8, 4) is 0 Å². The topological polar surface area (TPSA) is 83.6 Å². The van der Waals surface area contributed by atoms with E-state index in [1.807, 2.05) is 18.2 Å². The minimum atomic E-state index is -3.05. The number of hydrogen-bond donors (Lipinski definition) is 1. The van der Waals surface area contributed by atoms with Gasteiger partial charge in [0.2, 0.25) is 11.8 Å². The second kappa shape index (κ2) is 5.96. The van der Waals surface area contributed by atoms with E-state index >= 15 is 0 Å². The number of amides is 2. The number of anilines is 1. The van der Waals surface area contributed by atoms with Crippen LogP contribution in [0.3, 0.4) is 0 Å². The minimum absolute atomic E-state index is 0.0267. The van der Waals surface area contributed by atoms with E-state index < -0.39 is 15.8 Å². The van der Waals surface area contributed by atoms with E-state index in [0.29, 0.717) is 25.9 Å². The number of fused-ring (bicyclic) bond motifs is 1. The smallest absolute Gasteiger partial charge is 0.227 e. The summed E-state index contributed by atoms with van der Waals surface area (Å²) in [5, 5.41) is 2.82. The first-order valence-electron chi connectivity index (χ1n) is 7.73. The maximum atomic E-state index is 12.6. The minimum Gasteiger partial charge on any atom is -0.338 e. The molecular weight excluding hydrogens is 316 g/mol. The molecule has 0 radical (unpaired) electrons. The quantitative estimate of drug-likeness (QED) is 0.872. The van der Waals surface area contributed by atoms with Crippen molar-refractivity contribution in [1.82, 2.24) is 4.90 Å². The zero-order chi connectivity index (χ0) is 16.6. The molecule has 2 amide bonds. The van der Waals surface area contributed by atoms with E-state index in [-0.39, 0.29) is 23.3 Å². The normalized spacial score (nSPS) is 22.5. The molecule has 7 heteroatoms. The molecule has 3 rings (SSSR count). The van der Waals surface area contributed by atoms with Gasteiger partial charge in [-0.2, -0.15) is 0 Å². The Balaban J connectivity index is 1.76. The van der Waals surface area contributed by atoms with Crippen molar-refractivity contribution in [3.63, 3.8) is 0 Å². The van der Waals surface area contributed by atoms with Gasteiger partial charge in [-0.15, -0.1) is 0 Å². The Morgan fingerprint density at radius 3 is 2.74 bits per heavy atom. The molecule has 1 saturated heterocycles. The summed E-state index contributed by atoms with van der Waals surface area (Å²) in [5.74, 6) is -0.503. The fourth-order valence-electron chi connectivity index (χ4n) is 3.35. The van der Waals surface area contributed by atoms with Crippen LogP contribution < -0.4 is 5.32 Å². The Morgan fingerprint density at radius 1 is 1.30 bits per heavy atom. The average Bonchev–Trinajstić information content (AvgIpc) is 2.86. The molecule has 0 aromatic heterocycles. The van der Waals surface area contributed by atoms with Crippen LogP contribution in [0, 0.1) is 5.92 Å². The van der Waals surface area contributed by atoms with Crippen molar-refractivity contribution in [2.45, 2.75) is 26.3 Å². The summed E-state index contributed by atoms with van der Waals surface area (Å²) >= 11 is 0. The fraction of sp³-hybridized carbons (Fsp3) is 0.500. The highest BCUT2D eigenvalue weighted by Crippen LogP contribution is 2.28. The predicted molar refractivity (Wildman–Crippen MR) is 86.6 cm³/mol. The van der Waals surface area contributed by atoms with Crippen molar-refractivity contribution >= 4 is 27.3 Å². The second-order valence-corrected chi connectivity index (χ2v) is 8.46. The van der Waals surface area contributed by atoms with E-state index in [1.54, 1.807) is 4.90 Å². The van der Waals surface area contributed by atoms with Crippen molar-refractivity contribution in [1.29, 1.82) is 0 Å². The number of carbonyl (C=O) groups is 2. The molecule has 23 heavy (non-hydrogen) atoms. The lowest BCUT2D eigenvalue weighted by atomic mass is 9.96. The van der Waals surface area contributed by atoms with Crippen LogP contribution in [0.5, 0.6) is 0 Å². The third kappa shape index (κ3) is 3.39. The lowest BCUT2D eigenvalue weighted by Crippen LogP contribution is -2.40. The number of benzene rings is 1. The molecule has 0 bridgehead atoms. The highest BCUT2D eigenvalue weighted by atomic mass is 32.2. The summed E-state index contributed by atoms with van der Waals surface area (Å²) < 4.78 is 23.1. The van der Waals surface area contributed by atoms with Gasteiger partial charge in [-0.1, -0.05) is 12.1 Å². The van der Waals surface area contributed by atoms with Gasteiger partial charge in [-0.25, -0.2) is 8.42 Å². The molecule has 6 nitrogen and oxygen atoms in total. The van der Waals surface area contributed by atoms with E-state index in [4.69, 9.17) is 0 Å². The van der Waals surface area contributed by atoms with Crippen molar-refractivity contribution in [2.24, 2.45) is 5.92 Å². The molecule has 1 unspecified atom stereocenters. The molecule has 0 spiro atoms. The third-order valence-corrected chi connectivity index (χ3v) is 6.24. The van der Waals surface area contributed by atoms with Crippen LogP contribution in [-0.4, -0.2) is 43.2 Å². The van der Waals surface area contributed by atoms with E-state index in [0.717, 1.165) is 16.8 Å². The highest BCUT2D eigenvalue weighted by Gasteiger charge is 2.36. The summed E-state index contributed by atoms with van der Waals surface area (Å²) in [6.45, 7) is 2.50. The molecular formula is C16H20N2O4S. The maximum Gasteiger partial charge on any atom is 0.227 e. The Labute approximate surface area is 135 Å². The Kier molecular flexibility index (Phi) is 4.14. The van der Waals surface area contributed by atoms with Gasteiger partial charge in [0.05, 0.1) is 17.4 Å². The summed E-state index contributed by atoms with van der Waals surface area (Å²) in [5.41, 5.74) is 2.87. The third-order valence-electron chi connectivity index (χ3n) is 4.47. The monoisotopic (exact) mass is 336 g/mol. The van der Waals surface area contributed by atoms with Gasteiger partial charge >= 0.3 is 0 Å². The SMILES string of the molecule is CC(=O)Nc1cccc2c1CCN(C(=O)C1CCS(=O)(=O)C1)C2. The molecule has 2 aliphatic heterocycles. The average molecular weight is 336 g/mol. The van der Waals surface area contributed by atoms with Crippen LogP contribution in [0.1, 0.15) is 24.5 Å². The van der Waals surface area contributed by atoms with Gasteiger partial charge in [-0.05, 0) is 30.0 Å². The van der Waals surface area contributed by atoms with Crippen LogP contribution in [0.25, 0.3) is 0 Å². The first kappa shape index (κ1) is 16.0. The van der Waals surface area contributed by atoms with Crippen molar-refractivity contribution in [2.75, 3.05) is 23.4 Å². The van der Waals surface area contributed by atoms with Gasteiger partial charge in [0, 0.05) is 25.7 Å². The fourth-order valence-corrected chi connectivity index (χ4v) is 5.08. The molecule has 0 aliphatic carbocycles. The standard InChI is InChI=1S/C16H20N2O4S/c1-11(19)17-15-4-2-3-12-9-18(7-5-14(12)15)16(20)13-6-8-23(21,22)10-13/h2-4,13H,5-10H2,1H3,(H,17,19). The zero-order valence-corrected chi connectivity index (χ0v) is 13.9. The van der Waals surface area contributed by atoms with Crippen LogP contribution in [0.15, 0.2) is 18.2 Å². The highest BCUT2D eigenvalue weighted by molar-refractivity contribution is 7.91. The van der Waals surface area contributed by atoms with Crippen LogP contribution in [-0.2, 0) is 32.4 Å². The molecule has 1 aromatic rings. The molecule has 0 saturated carbocycles. The summed E-state index contributed by atoms with van der Waals surface area (Å²) in [7, 11) is -3.05.